The van der Waals surface area contributed by atoms with Crippen LogP contribution >= 0.6 is 0 Å². The van der Waals surface area contributed by atoms with E-state index in [1.165, 1.54) is 16.7 Å². The Bertz CT molecular complexity index is 551. The summed E-state index contributed by atoms with van der Waals surface area (Å²) in [6.07, 6.45) is 2.44. The van der Waals surface area contributed by atoms with Crippen LogP contribution in [0.3, 0.4) is 0 Å². The fourth-order valence-electron chi connectivity index (χ4n) is 2.67. The van der Waals surface area contributed by atoms with E-state index < -0.39 is 11.9 Å². The highest BCUT2D eigenvalue weighted by molar-refractivity contribution is 5.92. The Kier molecular flexibility index (Phi) is 6.11. The molecule has 0 radical (unpaired) electrons. The average molecular weight is 300 g/mol. The third-order valence-electron chi connectivity index (χ3n) is 3.78. The Balaban J connectivity index is 1.84. The number of nitrogens with one attached hydrogen (secondary N) is 1. The van der Waals surface area contributed by atoms with Crippen molar-refractivity contribution in [3.63, 3.8) is 0 Å². The number of ether oxygens (including phenoxy) is 1. The molecule has 0 aliphatic carbocycles. The zero-order chi connectivity index (χ0) is 15.8. The van der Waals surface area contributed by atoms with Gasteiger partial charge in [-0.15, -0.1) is 0 Å². The third-order valence-corrected chi connectivity index (χ3v) is 3.78. The van der Waals surface area contributed by atoms with Gasteiger partial charge in [0.2, 0.25) is 0 Å². The van der Waals surface area contributed by atoms with Gasteiger partial charge in [-0.2, -0.15) is 5.26 Å². The van der Waals surface area contributed by atoms with Crippen molar-refractivity contribution in [2.75, 3.05) is 19.7 Å². The van der Waals surface area contributed by atoms with Crippen molar-refractivity contribution in [2.24, 2.45) is 10.9 Å². The molecule has 0 saturated carbocycles. The van der Waals surface area contributed by atoms with E-state index in [-0.39, 0.29) is 12.6 Å². The van der Waals surface area contributed by atoms with E-state index in [0.29, 0.717) is 0 Å². The summed E-state index contributed by atoms with van der Waals surface area (Å²) in [5.41, 5.74) is 1.32. The van der Waals surface area contributed by atoms with Gasteiger partial charge in [-0.25, -0.2) is 0 Å². The lowest BCUT2D eigenvalue weighted by Gasteiger charge is -2.12. The second-order valence-electron chi connectivity index (χ2n) is 5.47. The Morgan fingerprint density at radius 3 is 3.00 bits per heavy atom. The summed E-state index contributed by atoms with van der Waals surface area (Å²) in [6.45, 7) is 5.00. The molecule has 0 bridgehead atoms. The van der Waals surface area contributed by atoms with E-state index in [4.69, 9.17) is 10.00 Å². The van der Waals surface area contributed by atoms with Crippen LogP contribution < -0.4 is 4.90 Å². The molecule has 3 atom stereocenters. The van der Waals surface area contributed by atoms with Crippen LogP contribution in [0.5, 0.6) is 0 Å². The number of hydrogen-bond acceptors (Lipinski definition) is 4. The van der Waals surface area contributed by atoms with Crippen LogP contribution in [0, 0.1) is 17.2 Å². The van der Waals surface area contributed by atoms with Gasteiger partial charge in [0.15, 0.2) is 5.92 Å². The van der Waals surface area contributed by atoms with E-state index in [1.54, 1.807) is 6.92 Å². The van der Waals surface area contributed by atoms with Gasteiger partial charge < -0.3 is 9.64 Å². The first-order valence-corrected chi connectivity index (χ1v) is 7.70. The predicted molar refractivity (Wildman–Crippen MR) is 83.5 cm³/mol. The maximum absolute atomic E-state index is 11.5. The van der Waals surface area contributed by atoms with Crippen LogP contribution in [0.4, 0.5) is 0 Å². The molecule has 0 aromatic heterocycles. The number of carbonyl (C=O) groups is 1. The van der Waals surface area contributed by atoms with Crippen LogP contribution in [0.25, 0.3) is 0 Å². The molecule has 1 saturated heterocycles. The average Bonchev–Trinajstić information content (AvgIpc) is 2.97. The van der Waals surface area contributed by atoms with Gasteiger partial charge in [0.05, 0.1) is 19.2 Å². The van der Waals surface area contributed by atoms with Gasteiger partial charge in [-0.05, 0) is 6.92 Å². The summed E-state index contributed by atoms with van der Waals surface area (Å²) in [7, 11) is 0. The molecule has 22 heavy (non-hydrogen) atoms. The van der Waals surface area contributed by atoms with E-state index in [2.05, 4.69) is 29.3 Å². The minimum Gasteiger partial charge on any atom is -0.465 e. The van der Waals surface area contributed by atoms with Gasteiger partial charge in [0.1, 0.15) is 19.1 Å². The van der Waals surface area contributed by atoms with Crippen LogP contribution in [-0.4, -0.2) is 37.9 Å². The molecular formula is C17H22N3O2+. The number of nitriles is 1. The van der Waals surface area contributed by atoms with Crippen molar-refractivity contribution in [1.82, 2.24) is 0 Å². The molecule has 2 rings (SSSR count). The molecule has 5 heteroatoms. The van der Waals surface area contributed by atoms with E-state index in [9.17, 15) is 4.79 Å². The maximum Gasteiger partial charge on any atom is 0.328 e. The standard InChI is InChI=1S/C17H21N3O2/c1-2-22-17(21)15(10-18)11-19-16-8-9-20(13-16)12-14-6-4-3-5-7-14/h3-7,11,15-16H,2,8-9,12-13H2,1H3/p+1/t15-,16+/m0/s1. The van der Waals surface area contributed by atoms with Crippen molar-refractivity contribution in [1.29, 1.82) is 5.26 Å². The zero-order valence-corrected chi connectivity index (χ0v) is 12.9. The quantitative estimate of drug-likeness (QED) is 0.618. The summed E-state index contributed by atoms with van der Waals surface area (Å²) >= 11 is 0. The molecule has 5 nitrogen and oxygen atoms in total. The minimum absolute atomic E-state index is 0.184. The van der Waals surface area contributed by atoms with Gasteiger partial charge in [0, 0.05) is 18.2 Å². The lowest BCUT2D eigenvalue weighted by Crippen LogP contribution is -3.09. The fourth-order valence-corrected chi connectivity index (χ4v) is 2.67. The van der Waals surface area contributed by atoms with Gasteiger partial charge in [-0.3, -0.25) is 9.79 Å². The number of benzene rings is 1. The molecule has 1 heterocycles. The molecule has 1 aliphatic rings. The molecule has 1 aromatic rings. The third kappa shape index (κ3) is 4.68. The van der Waals surface area contributed by atoms with Crippen molar-refractivity contribution in [3.05, 3.63) is 35.9 Å². The molecule has 1 N–H and O–H groups in total. The summed E-state index contributed by atoms with van der Waals surface area (Å²) in [4.78, 5) is 17.4. The topological polar surface area (TPSA) is 66.9 Å². The summed E-state index contributed by atoms with van der Waals surface area (Å²) < 4.78 is 4.85. The highest BCUT2D eigenvalue weighted by Gasteiger charge is 2.26. The Morgan fingerprint density at radius 1 is 1.55 bits per heavy atom. The number of likely N-dealkylation sites (tertiary alicyclic amines) is 1. The van der Waals surface area contributed by atoms with Crippen LogP contribution in [-0.2, 0) is 16.1 Å². The van der Waals surface area contributed by atoms with E-state index in [1.807, 2.05) is 12.1 Å². The highest BCUT2D eigenvalue weighted by Crippen LogP contribution is 2.03. The van der Waals surface area contributed by atoms with Crippen molar-refractivity contribution < 1.29 is 14.4 Å². The van der Waals surface area contributed by atoms with Gasteiger partial charge in [-0.1, -0.05) is 30.3 Å². The first-order valence-electron chi connectivity index (χ1n) is 7.70. The zero-order valence-electron chi connectivity index (χ0n) is 12.9. The molecule has 1 aromatic carbocycles. The van der Waals surface area contributed by atoms with Crippen molar-refractivity contribution >= 4 is 12.2 Å². The van der Waals surface area contributed by atoms with E-state index >= 15 is 0 Å². The van der Waals surface area contributed by atoms with Crippen LogP contribution in [0.1, 0.15) is 18.9 Å². The first kappa shape index (κ1) is 16.2. The molecular weight excluding hydrogens is 278 g/mol. The lowest BCUT2D eigenvalue weighted by molar-refractivity contribution is -0.901. The Labute approximate surface area is 131 Å². The smallest absolute Gasteiger partial charge is 0.328 e. The number of nitrogens with zero attached hydrogens (tertiary/aromatic N) is 2. The van der Waals surface area contributed by atoms with Gasteiger partial charge in [0.25, 0.3) is 0 Å². The number of hydrogen-bond donors (Lipinski definition) is 1. The molecule has 0 amide bonds. The van der Waals surface area contributed by atoms with Crippen molar-refractivity contribution in [2.45, 2.75) is 25.9 Å². The summed E-state index contributed by atoms with van der Waals surface area (Å²) in [6, 6.07) is 12.5. The second kappa shape index (κ2) is 8.30. The SMILES string of the molecule is CCOC(=O)[C@@H](C#N)C=N[C@@H]1CC[NH+](Cc2ccccc2)C1. The number of esters is 1. The molecule has 1 fully saturated rings. The Morgan fingerprint density at radius 2 is 2.32 bits per heavy atom. The maximum atomic E-state index is 11.5. The summed E-state index contributed by atoms with van der Waals surface area (Å²) in [5, 5.41) is 9.00. The molecule has 116 valence electrons. The normalized spacial score (nSPS) is 22.4. The molecule has 1 aliphatic heterocycles. The molecule has 1 unspecified atom stereocenters. The van der Waals surface area contributed by atoms with Crippen molar-refractivity contribution in [3.8, 4) is 6.07 Å². The highest BCUT2D eigenvalue weighted by atomic mass is 16.5. The Hall–Kier alpha value is -2.19. The second-order valence-corrected chi connectivity index (χ2v) is 5.47. The van der Waals surface area contributed by atoms with Crippen LogP contribution in [0.15, 0.2) is 35.3 Å². The van der Waals surface area contributed by atoms with Gasteiger partial charge >= 0.3 is 5.97 Å². The number of quaternary nitrogens is 1. The number of aliphatic imine (C=N–C) groups is 1. The van der Waals surface area contributed by atoms with Crippen LogP contribution in [0.2, 0.25) is 0 Å². The van der Waals surface area contributed by atoms with E-state index in [0.717, 1.165) is 26.1 Å². The lowest BCUT2D eigenvalue weighted by atomic mass is 10.2. The largest absolute Gasteiger partial charge is 0.465 e. The molecule has 0 spiro atoms. The number of carbonyl (C=O) groups excluding carboxylic acids is 1. The summed E-state index contributed by atoms with van der Waals surface area (Å²) in [5.74, 6) is -1.40. The minimum atomic E-state index is -0.891. The monoisotopic (exact) mass is 300 g/mol. The first-order chi connectivity index (χ1) is 10.7. The fraction of sp³-hybridized carbons (Fsp3) is 0.471. The number of rotatable bonds is 6. The predicted octanol–water partition coefficient (Wildman–Crippen LogP) is 0.617.